The van der Waals surface area contributed by atoms with Crippen molar-refractivity contribution < 1.29 is 14.7 Å². The van der Waals surface area contributed by atoms with Crippen LogP contribution >= 0.6 is 0 Å². The van der Waals surface area contributed by atoms with Crippen molar-refractivity contribution >= 4 is 17.5 Å². The Morgan fingerprint density at radius 3 is 2.52 bits per heavy atom. The molecule has 2 saturated heterocycles. The Kier molecular flexibility index (Phi) is 5.11. The van der Waals surface area contributed by atoms with Gasteiger partial charge >= 0.3 is 0 Å². The van der Waals surface area contributed by atoms with Gasteiger partial charge in [-0.25, -0.2) is 0 Å². The van der Waals surface area contributed by atoms with Gasteiger partial charge in [-0.1, -0.05) is 0 Å². The van der Waals surface area contributed by atoms with E-state index >= 15 is 0 Å². The zero-order valence-corrected chi connectivity index (χ0v) is 15.1. The molecule has 2 heterocycles. The Bertz CT molecular complexity index is 644. The van der Waals surface area contributed by atoms with E-state index in [4.69, 9.17) is 0 Å². The third-order valence-corrected chi connectivity index (χ3v) is 4.95. The van der Waals surface area contributed by atoms with Crippen LogP contribution in [0.1, 0.15) is 36.0 Å². The third kappa shape index (κ3) is 4.02. The molecule has 0 aromatic heterocycles. The number of β-amino-alcohol motifs (C(OH)–C–C–N with tert-alkyl or cyclic N) is 1. The maximum absolute atomic E-state index is 12.8. The molecule has 0 unspecified atom stereocenters. The van der Waals surface area contributed by atoms with E-state index in [1.165, 1.54) is 0 Å². The largest absolute Gasteiger partial charge is 0.387 e. The van der Waals surface area contributed by atoms with Crippen molar-refractivity contribution in [1.29, 1.82) is 0 Å². The molecule has 0 aliphatic carbocycles. The number of amides is 2. The van der Waals surface area contributed by atoms with Crippen LogP contribution in [0.5, 0.6) is 0 Å². The van der Waals surface area contributed by atoms with Crippen LogP contribution in [-0.2, 0) is 4.79 Å². The molecule has 0 saturated carbocycles. The molecule has 25 heavy (non-hydrogen) atoms. The van der Waals surface area contributed by atoms with Gasteiger partial charge in [0, 0.05) is 37.3 Å². The van der Waals surface area contributed by atoms with Gasteiger partial charge in [-0.05, 0) is 57.6 Å². The van der Waals surface area contributed by atoms with Gasteiger partial charge in [0.05, 0.1) is 12.1 Å². The lowest BCUT2D eigenvalue weighted by molar-refractivity contribution is -0.117. The zero-order chi connectivity index (χ0) is 18.0. The van der Waals surface area contributed by atoms with Crippen LogP contribution in [0.4, 0.5) is 5.69 Å². The predicted octanol–water partition coefficient (Wildman–Crippen LogP) is 1.34. The van der Waals surface area contributed by atoms with Crippen LogP contribution in [0.25, 0.3) is 0 Å². The van der Waals surface area contributed by atoms with Gasteiger partial charge in [-0.2, -0.15) is 0 Å². The number of likely N-dealkylation sites (tertiary alicyclic amines) is 1. The second-order valence-corrected chi connectivity index (χ2v) is 7.49. The van der Waals surface area contributed by atoms with Gasteiger partial charge in [0.25, 0.3) is 5.91 Å². The van der Waals surface area contributed by atoms with Crippen LogP contribution in [0, 0.1) is 0 Å². The van der Waals surface area contributed by atoms with Gasteiger partial charge in [-0.3, -0.25) is 9.59 Å². The summed E-state index contributed by atoms with van der Waals surface area (Å²) in [6.07, 6.45) is 3.00. The third-order valence-electron chi connectivity index (χ3n) is 4.95. The summed E-state index contributed by atoms with van der Waals surface area (Å²) in [7, 11) is 3.86. The van der Waals surface area contributed by atoms with E-state index in [2.05, 4.69) is 0 Å². The molecule has 2 aliphatic rings. The van der Waals surface area contributed by atoms with E-state index in [-0.39, 0.29) is 11.8 Å². The van der Waals surface area contributed by atoms with E-state index < -0.39 is 5.60 Å². The van der Waals surface area contributed by atoms with Gasteiger partial charge in [0.15, 0.2) is 0 Å². The van der Waals surface area contributed by atoms with Crippen LogP contribution in [0.15, 0.2) is 24.3 Å². The maximum Gasteiger partial charge on any atom is 0.253 e. The first-order chi connectivity index (χ1) is 11.9. The Morgan fingerprint density at radius 2 is 1.92 bits per heavy atom. The number of anilines is 1. The highest BCUT2D eigenvalue weighted by atomic mass is 16.3. The minimum absolute atomic E-state index is 0.0591. The van der Waals surface area contributed by atoms with Crippen molar-refractivity contribution in [3.05, 3.63) is 29.8 Å². The summed E-state index contributed by atoms with van der Waals surface area (Å²) < 4.78 is 0. The first-order valence-electron chi connectivity index (χ1n) is 8.95. The molecule has 6 nitrogen and oxygen atoms in total. The first kappa shape index (κ1) is 17.9. The number of likely N-dealkylation sites (N-methyl/N-ethyl adjacent to an activating group) is 1. The Morgan fingerprint density at radius 1 is 1.20 bits per heavy atom. The number of nitrogens with zero attached hydrogens (tertiary/aromatic N) is 3. The summed E-state index contributed by atoms with van der Waals surface area (Å²) in [6, 6.07) is 7.24. The molecule has 0 spiro atoms. The average Bonchev–Trinajstić information content (AvgIpc) is 2.99. The summed E-state index contributed by atoms with van der Waals surface area (Å²) >= 11 is 0. The zero-order valence-electron chi connectivity index (χ0n) is 15.1. The Hall–Kier alpha value is -1.92. The molecule has 6 heteroatoms. The maximum atomic E-state index is 12.8. The summed E-state index contributed by atoms with van der Waals surface area (Å²) in [4.78, 5) is 30.1. The number of benzene rings is 1. The lowest BCUT2D eigenvalue weighted by Gasteiger charge is -2.40. The minimum atomic E-state index is -0.848. The van der Waals surface area contributed by atoms with Crippen molar-refractivity contribution in [3.63, 3.8) is 0 Å². The summed E-state index contributed by atoms with van der Waals surface area (Å²) in [5.41, 5.74) is 0.602. The Balaban J connectivity index is 1.69. The smallest absolute Gasteiger partial charge is 0.253 e. The normalized spacial score (nSPS) is 24.2. The fourth-order valence-corrected chi connectivity index (χ4v) is 3.89. The first-order valence-corrected chi connectivity index (χ1v) is 8.95. The molecular formula is C19H27N3O3. The molecular weight excluding hydrogens is 318 g/mol. The number of carbonyl (C=O) groups excluding carboxylic acids is 2. The number of hydrogen-bond donors (Lipinski definition) is 1. The monoisotopic (exact) mass is 345 g/mol. The van der Waals surface area contributed by atoms with Gasteiger partial charge in [0.2, 0.25) is 5.91 Å². The second-order valence-electron chi connectivity index (χ2n) is 7.49. The van der Waals surface area contributed by atoms with Crippen molar-refractivity contribution in [1.82, 2.24) is 9.80 Å². The summed E-state index contributed by atoms with van der Waals surface area (Å²) in [5.74, 6) is 0.0834. The van der Waals surface area contributed by atoms with Crippen molar-refractivity contribution in [2.75, 3.05) is 45.2 Å². The quantitative estimate of drug-likeness (QED) is 0.894. The van der Waals surface area contributed by atoms with Crippen LogP contribution < -0.4 is 4.90 Å². The minimum Gasteiger partial charge on any atom is -0.387 e. The fraction of sp³-hybridized carbons (Fsp3) is 0.579. The van der Waals surface area contributed by atoms with Gasteiger partial charge in [0.1, 0.15) is 0 Å². The van der Waals surface area contributed by atoms with Gasteiger partial charge in [-0.15, -0.1) is 0 Å². The van der Waals surface area contributed by atoms with Crippen molar-refractivity contribution in [2.45, 2.75) is 31.3 Å². The summed E-state index contributed by atoms with van der Waals surface area (Å²) in [6.45, 7) is 2.32. The highest BCUT2D eigenvalue weighted by molar-refractivity contribution is 5.97. The predicted molar refractivity (Wildman–Crippen MR) is 96.7 cm³/mol. The lowest BCUT2D eigenvalue weighted by atomic mass is 9.92. The van der Waals surface area contributed by atoms with Crippen molar-refractivity contribution in [3.8, 4) is 0 Å². The number of rotatable bonds is 4. The average molecular weight is 345 g/mol. The standard InChI is InChI=1S/C19H27N3O3/c1-20(2)13-19(25)10-4-11-21(14-19)18(24)15-6-8-16(9-7-15)22-12-3-5-17(22)23/h6-9,25H,3-5,10-14H2,1-2H3/t19-/m1/s1. The molecule has 2 amide bonds. The van der Waals surface area contributed by atoms with Crippen LogP contribution in [0.3, 0.4) is 0 Å². The Labute approximate surface area is 149 Å². The summed E-state index contributed by atoms with van der Waals surface area (Å²) in [5, 5.41) is 10.7. The van der Waals surface area contributed by atoms with Crippen LogP contribution in [0.2, 0.25) is 0 Å². The molecule has 1 aromatic carbocycles. The molecule has 1 atom stereocenters. The molecule has 2 fully saturated rings. The highest BCUT2D eigenvalue weighted by Gasteiger charge is 2.35. The topological polar surface area (TPSA) is 64.1 Å². The lowest BCUT2D eigenvalue weighted by Crippen LogP contribution is -2.54. The molecule has 0 radical (unpaired) electrons. The molecule has 0 bridgehead atoms. The van der Waals surface area contributed by atoms with Gasteiger partial charge < -0.3 is 19.8 Å². The highest BCUT2D eigenvalue weighted by Crippen LogP contribution is 2.25. The molecule has 2 aliphatic heterocycles. The van der Waals surface area contributed by atoms with Crippen molar-refractivity contribution in [2.24, 2.45) is 0 Å². The molecule has 1 aromatic rings. The number of piperidine rings is 1. The molecule has 136 valence electrons. The number of hydrogen-bond acceptors (Lipinski definition) is 4. The molecule has 1 N–H and O–H groups in total. The van der Waals surface area contributed by atoms with E-state index in [9.17, 15) is 14.7 Å². The number of aliphatic hydroxyl groups is 1. The SMILES string of the molecule is CN(C)C[C@]1(O)CCCN(C(=O)c2ccc(N3CCCC3=O)cc2)C1. The van der Waals surface area contributed by atoms with E-state index in [1.54, 1.807) is 21.9 Å². The van der Waals surface area contributed by atoms with Crippen LogP contribution in [-0.4, -0.2) is 72.6 Å². The second kappa shape index (κ2) is 7.14. The fourth-order valence-electron chi connectivity index (χ4n) is 3.89. The number of carbonyl (C=O) groups is 2. The van der Waals surface area contributed by atoms with E-state index in [0.29, 0.717) is 38.0 Å². The van der Waals surface area contributed by atoms with E-state index in [1.807, 2.05) is 31.1 Å². The van der Waals surface area contributed by atoms with E-state index in [0.717, 1.165) is 25.1 Å². The molecule has 3 rings (SSSR count).